The summed E-state index contributed by atoms with van der Waals surface area (Å²) in [5, 5.41) is 2.06. The van der Waals surface area contributed by atoms with E-state index >= 15 is 0 Å². The number of nitrogens with one attached hydrogen (secondary N) is 1. The van der Waals surface area contributed by atoms with Gasteiger partial charge in [-0.25, -0.2) is 4.39 Å². The average Bonchev–Trinajstić information content (AvgIpc) is 2.55. The van der Waals surface area contributed by atoms with Gasteiger partial charge in [0.15, 0.2) is 0 Å². The third-order valence-corrected chi connectivity index (χ3v) is 4.93. The quantitative estimate of drug-likeness (QED) is 0.890. The van der Waals surface area contributed by atoms with Crippen LogP contribution in [-0.2, 0) is 27.9 Å². The third kappa shape index (κ3) is 4.49. The number of halogens is 1. The van der Waals surface area contributed by atoms with Gasteiger partial charge in [0.1, 0.15) is 11.1 Å². The Hall–Kier alpha value is -2.01. The molecule has 2 atom stereocenters. The van der Waals surface area contributed by atoms with Crippen molar-refractivity contribution in [2.75, 3.05) is 0 Å². The van der Waals surface area contributed by atoms with E-state index in [1.165, 1.54) is 6.07 Å². The van der Waals surface area contributed by atoms with E-state index in [1.54, 1.807) is 25.1 Å². The van der Waals surface area contributed by atoms with E-state index in [9.17, 15) is 13.4 Å². The Kier molecular flexibility index (Phi) is 5.83. The van der Waals surface area contributed by atoms with E-state index in [2.05, 4.69) is 5.32 Å². The fourth-order valence-corrected chi connectivity index (χ4v) is 3.05. The van der Waals surface area contributed by atoms with Crippen LogP contribution in [0.4, 0.5) is 4.39 Å². The van der Waals surface area contributed by atoms with E-state index in [-0.39, 0.29) is 11.7 Å². The lowest BCUT2D eigenvalue weighted by Gasteiger charge is -2.12. The Morgan fingerprint density at radius 2 is 1.77 bits per heavy atom. The average molecular weight is 319 g/mol. The van der Waals surface area contributed by atoms with E-state index in [0.29, 0.717) is 12.1 Å². The largest absolute Gasteiger partial charge is 0.351 e. The van der Waals surface area contributed by atoms with Gasteiger partial charge in [0.2, 0.25) is 5.91 Å². The van der Waals surface area contributed by atoms with Gasteiger partial charge in [0.05, 0.1) is 5.75 Å². The zero-order chi connectivity index (χ0) is 15.9. The third-order valence-electron chi connectivity index (χ3n) is 3.33. The SMILES string of the molecule is C[C@@H](C(=O)NCc1ccccc1)[S@@](=O)Cc1ccccc1F. The molecule has 2 rings (SSSR count). The van der Waals surface area contributed by atoms with Crippen molar-refractivity contribution in [3.8, 4) is 0 Å². The molecule has 0 heterocycles. The summed E-state index contributed by atoms with van der Waals surface area (Å²) in [4.78, 5) is 12.0. The molecule has 5 heteroatoms. The number of hydrogen-bond donors (Lipinski definition) is 1. The van der Waals surface area contributed by atoms with Crippen LogP contribution in [0.15, 0.2) is 54.6 Å². The first-order valence-electron chi connectivity index (χ1n) is 7.00. The van der Waals surface area contributed by atoms with Crippen molar-refractivity contribution in [2.45, 2.75) is 24.5 Å². The molecule has 2 aromatic carbocycles. The minimum Gasteiger partial charge on any atom is -0.351 e. The molecule has 0 unspecified atom stereocenters. The Bertz CT molecular complexity index is 661. The van der Waals surface area contributed by atoms with Crippen molar-refractivity contribution >= 4 is 16.7 Å². The van der Waals surface area contributed by atoms with Gasteiger partial charge in [-0.05, 0) is 18.6 Å². The molecule has 3 nitrogen and oxygen atoms in total. The number of carbonyl (C=O) groups excluding carboxylic acids is 1. The molecule has 116 valence electrons. The smallest absolute Gasteiger partial charge is 0.235 e. The summed E-state index contributed by atoms with van der Waals surface area (Å²) >= 11 is 0. The Balaban J connectivity index is 1.90. The first-order valence-corrected chi connectivity index (χ1v) is 8.38. The molecule has 1 amide bonds. The normalized spacial score (nSPS) is 13.4. The van der Waals surface area contributed by atoms with Crippen LogP contribution in [0.25, 0.3) is 0 Å². The highest BCUT2D eigenvalue weighted by Gasteiger charge is 2.20. The van der Waals surface area contributed by atoms with Crippen LogP contribution < -0.4 is 5.32 Å². The van der Waals surface area contributed by atoms with Gasteiger partial charge in [-0.15, -0.1) is 0 Å². The summed E-state index contributed by atoms with van der Waals surface area (Å²) in [7, 11) is -1.47. The fraction of sp³-hybridized carbons (Fsp3) is 0.235. The predicted octanol–water partition coefficient (Wildman–Crippen LogP) is 2.78. The lowest BCUT2D eigenvalue weighted by atomic mass is 10.2. The first kappa shape index (κ1) is 16.4. The van der Waals surface area contributed by atoms with Crippen LogP contribution in [0.1, 0.15) is 18.1 Å². The number of rotatable bonds is 6. The monoisotopic (exact) mass is 319 g/mol. The van der Waals surface area contributed by atoms with Crippen LogP contribution >= 0.6 is 0 Å². The number of amides is 1. The second-order valence-corrected chi connectivity index (χ2v) is 6.72. The minimum atomic E-state index is -1.47. The van der Waals surface area contributed by atoms with Crippen LogP contribution in [0.3, 0.4) is 0 Å². The summed E-state index contributed by atoms with van der Waals surface area (Å²) in [6, 6.07) is 15.7. The molecule has 1 N–H and O–H groups in total. The first-order chi connectivity index (χ1) is 10.6. The van der Waals surface area contributed by atoms with Crippen LogP contribution in [-0.4, -0.2) is 15.4 Å². The van der Waals surface area contributed by atoms with E-state index in [1.807, 2.05) is 30.3 Å². The highest BCUT2D eigenvalue weighted by molar-refractivity contribution is 7.85. The van der Waals surface area contributed by atoms with Gasteiger partial charge in [-0.1, -0.05) is 48.5 Å². The molecule has 0 saturated carbocycles. The number of carbonyl (C=O) groups is 1. The Morgan fingerprint density at radius 1 is 1.14 bits per heavy atom. The summed E-state index contributed by atoms with van der Waals surface area (Å²) in [6.07, 6.45) is 0. The highest BCUT2D eigenvalue weighted by Crippen LogP contribution is 2.12. The molecule has 0 spiro atoms. The van der Waals surface area contributed by atoms with Crippen molar-refractivity contribution < 1.29 is 13.4 Å². The van der Waals surface area contributed by atoms with Crippen LogP contribution in [0.2, 0.25) is 0 Å². The molecule has 0 aromatic heterocycles. The molecule has 2 aromatic rings. The van der Waals surface area contributed by atoms with E-state index < -0.39 is 21.9 Å². The van der Waals surface area contributed by atoms with Gasteiger partial charge < -0.3 is 5.32 Å². The van der Waals surface area contributed by atoms with E-state index in [0.717, 1.165) is 5.56 Å². The molecule has 0 saturated heterocycles. The maximum absolute atomic E-state index is 13.5. The molecule has 0 aliphatic rings. The molecule has 0 aliphatic carbocycles. The lowest BCUT2D eigenvalue weighted by Crippen LogP contribution is -2.35. The van der Waals surface area contributed by atoms with Crippen LogP contribution in [0, 0.1) is 5.82 Å². The fourth-order valence-electron chi connectivity index (χ4n) is 1.94. The van der Waals surface area contributed by atoms with Gasteiger partial charge >= 0.3 is 0 Å². The molecular formula is C17H18FNO2S. The summed E-state index contributed by atoms with van der Waals surface area (Å²) in [5.41, 5.74) is 1.34. The van der Waals surface area contributed by atoms with Gasteiger partial charge in [-0.3, -0.25) is 9.00 Å². The summed E-state index contributed by atoms with van der Waals surface area (Å²) in [6.45, 7) is 1.98. The topological polar surface area (TPSA) is 46.2 Å². The second-order valence-electron chi connectivity index (χ2n) is 4.96. The van der Waals surface area contributed by atoms with Crippen molar-refractivity contribution in [3.05, 3.63) is 71.5 Å². The predicted molar refractivity (Wildman–Crippen MR) is 86.0 cm³/mol. The molecule has 0 radical (unpaired) electrons. The highest BCUT2D eigenvalue weighted by atomic mass is 32.2. The van der Waals surface area contributed by atoms with Gasteiger partial charge in [0, 0.05) is 22.9 Å². The van der Waals surface area contributed by atoms with Gasteiger partial charge in [-0.2, -0.15) is 0 Å². The Labute approximate surface area is 132 Å². The molecular weight excluding hydrogens is 301 g/mol. The van der Waals surface area contributed by atoms with Crippen molar-refractivity contribution in [1.82, 2.24) is 5.32 Å². The minimum absolute atomic E-state index is 0.0343. The lowest BCUT2D eigenvalue weighted by molar-refractivity contribution is -0.120. The van der Waals surface area contributed by atoms with Crippen LogP contribution in [0.5, 0.6) is 0 Å². The molecule has 22 heavy (non-hydrogen) atoms. The van der Waals surface area contributed by atoms with Crippen molar-refractivity contribution in [1.29, 1.82) is 0 Å². The van der Waals surface area contributed by atoms with Crippen molar-refractivity contribution in [3.63, 3.8) is 0 Å². The molecule has 0 bridgehead atoms. The molecule has 0 fully saturated rings. The number of hydrogen-bond acceptors (Lipinski definition) is 2. The summed E-state index contributed by atoms with van der Waals surface area (Å²) < 4.78 is 25.7. The molecule has 0 aliphatic heterocycles. The maximum atomic E-state index is 13.5. The van der Waals surface area contributed by atoms with Crippen molar-refractivity contribution in [2.24, 2.45) is 0 Å². The summed E-state index contributed by atoms with van der Waals surface area (Å²) in [5.74, 6) is -0.654. The standard InChI is InChI=1S/C17H18FNO2S/c1-13(17(20)19-11-14-7-3-2-4-8-14)22(21)12-15-9-5-6-10-16(15)18/h2-10,13H,11-12H2,1H3,(H,19,20)/t13-,22-/m0/s1. The number of benzene rings is 2. The second kappa shape index (κ2) is 7.84. The van der Waals surface area contributed by atoms with E-state index in [4.69, 9.17) is 0 Å². The van der Waals surface area contributed by atoms with Gasteiger partial charge in [0.25, 0.3) is 0 Å². The zero-order valence-corrected chi connectivity index (χ0v) is 13.1. The zero-order valence-electron chi connectivity index (χ0n) is 12.3. The Morgan fingerprint density at radius 3 is 2.45 bits per heavy atom. The maximum Gasteiger partial charge on any atom is 0.235 e.